The molecule has 1 aliphatic heterocycles. The predicted molar refractivity (Wildman–Crippen MR) is 88.6 cm³/mol. The van der Waals surface area contributed by atoms with E-state index in [-0.39, 0.29) is 5.91 Å². The number of aromatic nitrogens is 1. The summed E-state index contributed by atoms with van der Waals surface area (Å²) in [6, 6.07) is 7.91. The molecule has 1 aliphatic rings. The van der Waals surface area contributed by atoms with Gasteiger partial charge in [0, 0.05) is 37.7 Å². The first kappa shape index (κ1) is 16.0. The predicted octanol–water partition coefficient (Wildman–Crippen LogP) is 2.90. The highest BCUT2D eigenvalue weighted by Crippen LogP contribution is 2.18. The van der Waals surface area contributed by atoms with Gasteiger partial charge in [-0.1, -0.05) is 28.9 Å². The standard InChI is InChI=1S/C17H20ClN3O2/c1-12-16(13(2)23-19-12)17(22)21-8-6-20(7-9-21)11-14-4-3-5-15(18)10-14/h3-5,10H,6-9,11H2,1-2H3. The van der Waals surface area contributed by atoms with Gasteiger partial charge in [0.2, 0.25) is 0 Å². The SMILES string of the molecule is Cc1noc(C)c1C(=O)N1CCN(Cc2cccc(Cl)c2)CC1. The third kappa shape index (κ3) is 3.57. The van der Waals surface area contributed by atoms with Crippen molar-refractivity contribution < 1.29 is 9.32 Å². The number of amides is 1. The Balaban J connectivity index is 1.59. The summed E-state index contributed by atoms with van der Waals surface area (Å²) in [5.41, 5.74) is 2.46. The monoisotopic (exact) mass is 333 g/mol. The fourth-order valence-electron chi connectivity index (χ4n) is 2.95. The van der Waals surface area contributed by atoms with Gasteiger partial charge in [-0.25, -0.2) is 0 Å². The van der Waals surface area contributed by atoms with Crippen LogP contribution in [0.1, 0.15) is 27.4 Å². The molecule has 0 unspecified atom stereocenters. The minimum absolute atomic E-state index is 0.0173. The van der Waals surface area contributed by atoms with Crippen LogP contribution in [0.2, 0.25) is 5.02 Å². The van der Waals surface area contributed by atoms with E-state index < -0.39 is 0 Å². The molecular formula is C17H20ClN3O2. The second kappa shape index (κ2) is 6.72. The molecule has 6 heteroatoms. The van der Waals surface area contributed by atoms with Gasteiger partial charge >= 0.3 is 0 Å². The molecule has 1 aromatic heterocycles. The first-order valence-electron chi connectivity index (χ1n) is 7.73. The van der Waals surface area contributed by atoms with Gasteiger partial charge in [-0.3, -0.25) is 9.69 Å². The quantitative estimate of drug-likeness (QED) is 0.866. The van der Waals surface area contributed by atoms with Crippen molar-refractivity contribution in [2.75, 3.05) is 26.2 Å². The van der Waals surface area contributed by atoms with E-state index in [1.54, 1.807) is 13.8 Å². The van der Waals surface area contributed by atoms with Gasteiger partial charge in [0.05, 0.1) is 5.69 Å². The van der Waals surface area contributed by atoms with Crippen molar-refractivity contribution in [3.8, 4) is 0 Å². The molecular weight excluding hydrogens is 314 g/mol. The maximum atomic E-state index is 12.6. The number of carbonyl (C=O) groups excluding carboxylic acids is 1. The molecule has 0 radical (unpaired) electrons. The third-order valence-electron chi connectivity index (χ3n) is 4.20. The fourth-order valence-corrected chi connectivity index (χ4v) is 3.16. The van der Waals surface area contributed by atoms with E-state index in [4.69, 9.17) is 16.1 Å². The van der Waals surface area contributed by atoms with E-state index in [0.29, 0.717) is 30.1 Å². The first-order chi connectivity index (χ1) is 11.0. The maximum Gasteiger partial charge on any atom is 0.259 e. The molecule has 1 saturated heterocycles. The summed E-state index contributed by atoms with van der Waals surface area (Å²) in [4.78, 5) is 16.8. The van der Waals surface area contributed by atoms with Crippen LogP contribution in [0.3, 0.4) is 0 Å². The largest absolute Gasteiger partial charge is 0.361 e. The first-order valence-corrected chi connectivity index (χ1v) is 8.11. The molecule has 1 fully saturated rings. The Morgan fingerprint density at radius 2 is 2.00 bits per heavy atom. The summed E-state index contributed by atoms with van der Waals surface area (Å²) in [5.74, 6) is 0.609. The Labute approximate surface area is 140 Å². The number of rotatable bonds is 3. The van der Waals surface area contributed by atoms with E-state index in [1.807, 2.05) is 23.1 Å². The minimum Gasteiger partial charge on any atom is -0.361 e. The fraction of sp³-hybridized carbons (Fsp3) is 0.412. The molecule has 2 aromatic rings. The van der Waals surface area contributed by atoms with Crippen LogP contribution >= 0.6 is 11.6 Å². The van der Waals surface area contributed by atoms with Gasteiger partial charge in [0.1, 0.15) is 11.3 Å². The second-order valence-electron chi connectivity index (χ2n) is 5.90. The number of hydrogen-bond donors (Lipinski definition) is 0. The summed E-state index contributed by atoms with van der Waals surface area (Å²) in [6.07, 6.45) is 0. The van der Waals surface area contributed by atoms with Gasteiger partial charge < -0.3 is 9.42 Å². The van der Waals surface area contributed by atoms with Crippen LogP contribution in [0.4, 0.5) is 0 Å². The molecule has 0 spiro atoms. The van der Waals surface area contributed by atoms with E-state index in [2.05, 4.69) is 16.1 Å². The average Bonchev–Trinajstić information content (AvgIpc) is 2.86. The third-order valence-corrected chi connectivity index (χ3v) is 4.44. The molecule has 0 atom stereocenters. The van der Waals surface area contributed by atoms with Crippen molar-refractivity contribution in [3.63, 3.8) is 0 Å². The zero-order chi connectivity index (χ0) is 16.4. The van der Waals surface area contributed by atoms with E-state index in [9.17, 15) is 4.79 Å². The van der Waals surface area contributed by atoms with Crippen molar-refractivity contribution in [1.29, 1.82) is 0 Å². The normalized spacial score (nSPS) is 15.9. The van der Waals surface area contributed by atoms with Crippen LogP contribution in [0.5, 0.6) is 0 Å². The minimum atomic E-state index is 0.0173. The highest BCUT2D eigenvalue weighted by molar-refractivity contribution is 6.30. The highest BCUT2D eigenvalue weighted by atomic mass is 35.5. The highest BCUT2D eigenvalue weighted by Gasteiger charge is 2.26. The molecule has 122 valence electrons. The van der Waals surface area contributed by atoms with Crippen molar-refractivity contribution in [1.82, 2.24) is 15.0 Å². The van der Waals surface area contributed by atoms with Crippen LogP contribution in [-0.4, -0.2) is 47.0 Å². The van der Waals surface area contributed by atoms with E-state index in [1.165, 1.54) is 5.56 Å². The van der Waals surface area contributed by atoms with Gasteiger partial charge in [0.15, 0.2) is 0 Å². The summed E-state index contributed by atoms with van der Waals surface area (Å²) in [5, 5.41) is 4.62. The van der Waals surface area contributed by atoms with Crippen molar-refractivity contribution >= 4 is 17.5 Å². The number of carbonyl (C=O) groups is 1. The van der Waals surface area contributed by atoms with E-state index >= 15 is 0 Å². The van der Waals surface area contributed by atoms with Gasteiger partial charge in [-0.15, -0.1) is 0 Å². The molecule has 0 bridgehead atoms. The van der Waals surface area contributed by atoms with E-state index in [0.717, 1.165) is 24.7 Å². The number of nitrogens with zero attached hydrogens (tertiary/aromatic N) is 3. The molecule has 0 N–H and O–H groups in total. The lowest BCUT2D eigenvalue weighted by molar-refractivity contribution is 0.0626. The maximum absolute atomic E-state index is 12.6. The van der Waals surface area contributed by atoms with Crippen LogP contribution in [0.25, 0.3) is 0 Å². The lowest BCUT2D eigenvalue weighted by Crippen LogP contribution is -2.48. The zero-order valence-electron chi connectivity index (χ0n) is 13.4. The Morgan fingerprint density at radius 1 is 1.26 bits per heavy atom. The Morgan fingerprint density at radius 3 is 2.61 bits per heavy atom. The van der Waals surface area contributed by atoms with Gasteiger partial charge in [0.25, 0.3) is 5.91 Å². The number of halogens is 1. The Bertz CT molecular complexity index is 686. The lowest BCUT2D eigenvalue weighted by atomic mass is 10.1. The van der Waals surface area contributed by atoms with Crippen molar-refractivity contribution in [3.05, 3.63) is 51.9 Å². The number of piperazine rings is 1. The molecule has 0 aliphatic carbocycles. The Hall–Kier alpha value is -1.85. The van der Waals surface area contributed by atoms with Crippen LogP contribution in [0.15, 0.2) is 28.8 Å². The molecule has 23 heavy (non-hydrogen) atoms. The van der Waals surface area contributed by atoms with Gasteiger partial charge in [-0.2, -0.15) is 0 Å². The van der Waals surface area contributed by atoms with Crippen LogP contribution in [-0.2, 0) is 6.54 Å². The summed E-state index contributed by atoms with van der Waals surface area (Å²) >= 11 is 6.03. The zero-order valence-corrected chi connectivity index (χ0v) is 14.1. The van der Waals surface area contributed by atoms with Crippen molar-refractivity contribution in [2.24, 2.45) is 0 Å². The van der Waals surface area contributed by atoms with Crippen molar-refractivity contribution in [2.45, 2.75) is 20.4 Å². The Kier molecular flexibility index (Phi) is 4.68. The number of benzene rings is 1. The second-order valence-corrected chi connectivity index (χ2v) is 6.33. The number of aryl methyl sites for hydroxylation is 2. The molecule has 1 aromatic carbocycles. The molecule has 0 saturated carbocycles. The molecule has 1 amide bonds. The smallest absolute Gasteiger partial charge is 0.259 e. The van der Waals surface area contributed by atoms with Crippen LogP contribution in [0, 0.1) is 13.8 Å². The summed E-state index contributed by atoms with van der Waals surface area (Å²) < 4.78 is 5.10. The van der Waals surface area contributed by atoms with Crippen LogP contribution < -0.4 is 0 Å². The molecule has 2 heterocycles. The lowest BCUT2D eigenvalue weighted by Gasteiger charge is -2.34. The summed E-state index contributed by atoms with van der Waals surface area (Å²) in [6.45, 7) is 7.56. The molecule has 5 nitrogen and oxygen atoms in total. The number of hydrogen-bond acceptors (Lipinski definition) is 4. The molecule has 3 rings (SSSR count). The van der Waals surface area contributed by atoms with Gasteiger partial charge in [-0.05, 0) is 31.5 Å². The topological polar surface area (TPSA) is 49.6 Å². The summed E-state index contributed by atoms with van der Waals surface area (Å²) in [7, 11) is 0. The average molecular weight is 334 g/mol.